The molecule has 3 heterocycles. The van der Waals surface area contributed by atoms with Crippen LogP contribution in [0.1, 0.15) is 20.8 Å². The van der Waals surface area contributed by atoms with Crippen LogP contribution < -0.4 is 0 Å². The molecular weight excluding hydrogens is 184 g/mol. The Kier molecular flexibility index (Phi) is 1.75. The molecule has 80 valence electrons. The minimum Gasteiger partial charge on any atom is -0.370 e. The van der Waals surface area contributed by atoms with Gasteiger partial charge in [-0.05, 0) is 13.8 Å². The third kappa shape index (κ3) is 1.29. The zero-order valence-corrected chi connectivity index (χ0v) is 8.73. The maximum Gasteiger partial charge on any atom is 0.187 e. The van der Waals surface area contributed by atoms with Crippen molar-refractivity contribution in [2.75, 3.05) is 6.61 Å². The Hall–Kier alpha value is -0.160. The smallest absolute Gasteiger partial charge is 0.187 e. The van der Waals surface area contributed by atoms with E-state index in [0.29, 0.717) is 5.92 Å². The highest BCUT2D eigenvalue weighted by Gasteiger charge is 2.56. The van der Waals surface area contributed by atoms with Gasteiger partial charge >= 0.3 is 0 Å². The van der Waals surface area contributed by atoms with E-state index in [-0.39, 0.29) is 24.6 Å². The van der Waals surface area contributed by atoms with E-state index in [1.54, 1.807) is 0 Å². The van der Waals surface area contributed by atoms with E-state index in [2.05, 4.69) is 6.92 Å². The fourth-order valence-corrected chi connectivity index (χ4v) is 2.36. The Morgan fingerprint density at radius 3 is 2.43 bits per heavy atom. The molecule has 3 fully saturated rings. The first-order chi connectivity index (χ1) is 6.57. The summed E-state index contributed by atoms with van der Waals surface area (Å²) in [6.07, 6.45) is 0.292. The quantitative estimate of drug-likeness (QED) is 0.589. The molecule has 0 aromatic carbocycles. The summed E-state index contributed by atoms with van der Waals surface area (Å²) >= 11 is 0. The molecule has 14 heavy (non-hydrogen) atoms. The number of ether oxygens (including phenoxy) is 4. The van der Waals surface area contributed by atoms with E-state index in [0.717, 1.165) is 6.61 Å². The average molecular weight is 200 g/mol. The van der Waals surface area contributed by atoms with E-state index in [1.165, 1.54) is 0 Å². The summed E-state index contributed by atoms with van der Waals surface area (Å²) in [6, 6.07) is 0. The fourth-order valence-electron chi connectivity index (χ4n) is 2.36. The van der Waals surface area contributed by atoms with Crippen LogP contribution in [-0.2, 0) is 18.9 Å². The van der Waals surface area contributed by atoms with Gasteiger partial charge < -0.3 is 18.9 Å². The van der Waals surface area contributed by atoms with Gasteiger partial charge in [-0.1, -0.05) is 6.92 Å². The molecule has 3 aliphatic heterocycles. The lowest BCUT2D eigenvalue weighted by Gasteiger charge is -2.22. The van der Waals surface area contributed by atoms with Crippen LogP contribution in [0.25, 0.3) is 0 Å². The van der Waals surface area contributed by atoms with Gasteiger partial charge in [0.2, 0.25) is 0 Å². The van der Waals surface area contributed by atoms with Crippen molar-refractivity contribution in [3.63, 3.8) is 0 Å². The first kappa shape index (κ1) is 9.09. The zero-order valence-electron chi connectivity index (χ0n) is 8.73. The molecule has 0 spiro atoms. The van der Waals surface area contributed by atoms with Crippen molar-refractivity contribution >= 4 is 0 Å². The minimum atomic E-state index is -0.501. The predicted molar refractivity (Wildman–Crippen MR) is 47.6 cm³/mol. The molecule has 0 aromatic rings. The number of hydrogen-bond acceptors (Lipinski definition) is 4. The molecule has 0 radical (unpaired) electrons. The zero-order chi connectivity index (χ0) is 9.92. The minimum absolute atomic E-state index is 0.0687. The van der Waals surface area contributed by atoms with Crippen molar-refractivity contribution in [2.24, 2.45) is 5.92 Å². The van der Waals surface area contributed by atoms with E-state index < -0.39 is 5.79 Å². The Labute approximate surface area is 83.5 Å². The van der Waals surface area contributed by atoms with Gasteiger partial charge in [0.25, 0.3) is 0 Å². The topological polar surface area (TPSA) is 40.2 Å². The van der Waals surface area contributed by atoms with E-state index in [9.17, 15) is 0 Å². The van der Waals surface area contributed by atoms with Gasteiger partial charge in [-0.2, -0.15) is 0 Å². The standard InChI is InChI=1S/C10H16O4/c1-5-7(6-4-11-6)12-9-8(5)13-10(2,3)14-9/h5-9H,4H2,1-3H3. The second-order valence-electron chi connectivity index (χ2n) is 4.80. The second-order valence-corrected chi connectivity index (χ2v) is 4.80. The van der Waals surface area contributed by atoms with Gasteiger partial charge in [0, 0.05) is 5.92 Å². The molecule has 4 nitrogen and oxygen atoms in total. The number of epoxide rings is 1. The summed E-state index contributed by atoms with van der Waals surface area (Å²) in [5.41, 5.74) is 0. The molecule has 3 aliphatic rings. The third-order valence-corrected chi connectivity index (χ3v) is 3.14. The van der Waals surface area contributed by atoms with Gasteiger partial charge in [0.1, 0.15) is 12.2 Å². The molecule has 0 saturated carbocycles. The van der Waals surface area contributed by atoms with Crippen molar-refractivity contribution in [1.29, 1.82) is 0 Å². The maximum absolute atomic E-state index is 5.79. The first-order valence-corrected chi connectivity index (χ1v) is 5.19. The maximum atomic E-state index is 5.79. The van der Waals surface area contributed by atoms with Crippen molar-refractivity contribution < 1.29 is 18.9 Å². The summed E-state index contributed by atoms with van der Waals surface area (Å²) in [5.74, 6) is -0.145. The molecule has 3 rings (SSSR count). The van der Waals surface area contributed by atoms with Crippen LogP contribution in [0, 0.1) is 5.92 Å². The van der Waals surface area contributed by atoms with Crippen LogP contribution in [-0.4, -0.2) is 37.0 Å². The SMILES string of the molecule is CC1C(C2CO2)OC2OC(C)(C)OC21. The highest BCUT2D eigenvalue weighted by atomic mass is 16.8. The Balaban J connectivity index is 1.74. The summed E-state index contributed by atoms with van der Waals surface area (Å²) in [4.78, 5) is 0. The van der Waals surface area contributed by atoms with E-state index in [4.69, 9.17) is 18.9 Å². The lowest BCUT2D eigenvalue weighted by molar-refractivity contribution is -0.211. The highest BCUT2D eigenvalue weighted by molar-refractivity contribution is 4.96. The van der Waals surface area contributed by atoms with Gasteiger partial charge in [-0.25, -0.2) is 0 Å². The average Bonchev–Trinajstić information content (AvgIpc) is 2.81. The van der Waals surface area contributed by atoms with Crippen LogP contribution >= 0.6 is 0 Å². The lowest BCUT2D eigenvalue weighted by atomic mass is 9.99. The molecule has 5 atom stereocenters. The molecule has 0 aromatic heterocycles. The van der Waals surface area contributed by atoms with Crippen LogP contribution in [0.3, 0.4) is 0 Å². The van der Waals surface area contributed by atoms with Crippen molar-refractivity contribution in [2.45, 2.75) is 51.2 Å². The predicted octanol–water partition coefficient (Wildman–Crippen LogP) is 0.898. The lowest BCUT2D eigenvalue weighted by Crippen LogP contribution is -2.31. The number of fused-ring (bicyclic) bond motifs is 1. The summed E-state index contributed by atoms with van der Waals surface area (Å²) in [5, 5.41) is 0. The monoisotopic (exact) mass is 200 g/mol. The molecule has 5 unspecified atom stereocenters. The fraction of sp³-hybridized carbons (Fsp3) is 1.00. The molecule has 0 N–H and O–H groups in total. The summed E-state index contributed by atoms with van der Waals surface area (Å²) in [7, 11) is 0. The highest BCUT2D eigenvalue weighted by Crippen LogP contribution is 2.43. The van der Waals surface area contributed by atoms with E-state index in [1.807, 2.05) is 13.8 Å². The normalized spacial score (nSPS) is 54.6. The van der Waals surface area contributed by atoms with Crippen molar-refractivity contribution in [3.8, 4) is 0 Å². The van der Waals surface area contributed by atoms with Crippen LogP contribution in [0.4, 0.5) is 0 Å². The summed E-state index contributed by atoms with van der Waals surface area (Å²) in [6.45, 7) is 6.80. The summed E-state index contributed by atoms with van der Waals surface area (Å²) < 4.78 is 22.5. The molecule has 0 bridgehead atoms. The van der Waals surface area contributed by atoms with Crippen molar-refractivity contribution in [1.82, 2.24) is 0 Å². The molecule has 0 amide bonds. The Bertz CT molecular complexity index is 247. The Morgan fingerprint density at radius 1 is 1.14 bits per heavy atom. The molecule has 0 aliphatic carbocycles. The second kappa shape index (κ2) is 2.70. The van der Waals surface area contributed by atoms with Crippen molar-refractivity contribution in [3.05, 3.63) is 0 Å². The Morgan fingerprint density at radius 2 is 1.86 bits per heavy atom. The molecular formula is C10H16O4. The van der Waals surface area contributed by atoms with Gasteiger partial charge in [0.05, 0.1) is 12.7 Å². The van der Waals surface area contributed by atoms with Gasteiger partial charge in [-0.3, -0.25) is 0 Å². The number of rotatable bonds is 1. The van der Waals surface area contributed by atoms with Crippen LogP contribution in [0.15, 0.2) is 0 Å². The molecule has 3 saturated heterocycles. The van der Waals surface area contributed by atoms with Gasteiger partial charge in [0.15, 0.2) is 12.1 Å². The van der Waals surface area contributed by atoms with Crippen LogP contribution in [0.5, 0.6) is 0 Å². The largest absolute Gasteiger partial charge is 0.370 e. The number of hydrogen-bond donors (Lipinski definition) is 0. The first-order valence-electron chi connectivity index (χ1n) is 5.19. The molecule has 4 heteroatoms. The van der Waals surface area contributed by atoms with Crippen LogP contribution in [0.2, 0.25) is 0 Å². The van der Waals surface area contributed by atoms with E-state index >= 15 is 0 Å². The third-order valence-electron chi connectivity index (χ3n) is 3.14. The van der Waals surface area contributed by atoms with Gasteiger partial charge in [-0.15, -0.1) is 0 Å².